The Bertz CT molecular complexity index is 1070. The second-order valence-electron chi connectivity index (χ2n) is 23.1. The molecule has 6 nitrogen and oxygen atoms in total. The van der Waals surface area contributed by atoms with Crippen molar-refractivity contribution in [2.75, 3.05) is 13.2 Å². The molecular weight excluding hydrogens is 853 g/mol. The Hall–Kier alpha value is -1.59. The first-order chi connectivity index (χ1) is 33.6. The number of esters is 3. The molecule has 0 amide bonds. The van der Waals surface area contributed by atoms with Gasteiger partial charge < -0.3 is 14.2 Å². The molecule has 0 aromatic heterocycles. The molecule has 0 N–H and O–H groups in total. The average Bonchev–Trinajstić information content (AvgIpc) is 3.31. The number of carbonyl (C=O) groups is 3. The third-order valence-corrected chi connectivity index (χ3v) is 14.4. The SMILES string of the molecule is CC(C)CCCCCCCCCCCCCCCCCC(=O)O[C@H](COC(=O)CCCCCCCCCCCCCCCCC(C)C)COC(=O)CCCCCCCCCCCCCCCC(C)C. The standard InChI is InChI=1S/C63H122O6/c1-57(2)49-43-37-31-25-19-13-8-7-9-17-24-30-36-42-48-54-63(66)69-60(56-68-62(65)53-47-41-35-29-23-18-12-15-21-27-33-39-45-51-59(5)6)55-67-61(64)52-46-40-34-28-22-16-11-10-14-20-26-32-38-44-50-58(3)4/h57-60H,7-56H2,1-6H3/t60-/m1/s1. The molecule has 0 spiro atoms. The van der Waals surface area contributed by atoms with Gasteiger partial charge in [-0.05, 0) is 37.0 Å². The Labute approximate surface area is 431 Å². The zero-order valence-electron chi connectivity index (χ0n) is 47.6. The fraction of sp³-hybridized carbons (Fsp3) is 0.952. The summed E-state index contributed by atoms with van der Waals surface area (Å²) in [6.07, 6.45) is 58.1. The number of rotatable bonds is 56. The van der Waals surface area contributed by atoms with Crippen molar-refractivity contribution in [3.05, 3.63) is 0 Å². The zero-order chi connectivity index (χ0) is 50.5. The van der Waals surface area contributed by atoms with Gasteiger partial charge in [0, 0.05) is 19.3 Å². The van der Waals surface area contributed by atoms with E-state index >= 15 is 0 Å². The van der Waals surface area contributed by atoms with E-state index in [1.165, 1.54) is 231 Å². The summed E-state index contributed by atoms with van der Waals surface area (Å²) < 4.78 is 16.9. The minimum atomic E-state index is -0.764. The van der Waals surface area contributed by atoms with Crippen LogP contribution < -0.4 is 0 Å². The first kappa shape index (κ1) is 67.4. The van der Waals surface area contributed by atoms with Gasteiger partial charge in [-0.2, -0.15) is 0 Å². The van der Waals surface area contributed by atoms with Crippen LogP contribution in [0.3, 0.4) is 0 Å². The van der Waals surface area contributed by atoms with E-state index in [1.807, 2.05) is 0 Å². The predicted molar refractivity (Wildman–Crippen MR) is 298 cm³/mol. The molecule has 0 saturated heterocycles. The predicted octanol–water partition coefficient (Wildman–Crippen LogP) is 20.7. The van der Waals surface area contributed by atoms with E-state index in [2.05, 4.69) is 41.5 Å². The average molecular weight is 976 g/mol. The van der Waals surface area contributed by atoms with Crippen LogP contribution in [-0.2, 0) is 28.6 Å². The monoisotopic (exact) mass is 975 g/mol. The summed E-state index contributed by atoms with van der Waals surface area (Å²) in [4.78, 5) is 38.3. The van der Waals surface area contributed by atoms with Crippen molar-refractivity contribution in [1.82, 2.24) is 0 Å². The van der Waals surface area contributed by atoms with E-state index < -0.39 is 6.10 Å². The molecule has 0 aliphatic rings. The number of hydrogen-bond acceptors (Lipinski definition) is 6. The summed E-state index contributed by atoms with van der Waals surface area (Å²) in [7, 11) is 0. The maximum atomic E-state index is 12.9. The minimum Gasteiger partial charge on any atom is -0.462 e. The van der Waals surface area contributed by atoms with E-state index in [1.54, 1.807) is 0 Å². The number of ether oxygens (including phenoxy) is 3. The van der Waals surface area contributed by atoms with Crippen LogP contribution in [0.2, 0.25) is 0 Å². The van der Waals surface area contributed by atoms with Gasteiger partial charge in [0.25, 0.3) is 0 Å². The fourth-order valence-corrected chi connectivity index (χ4v) is 9.71. The lowest BCUT2D eigenvalue weighted by atomic mass is 10.0. The molecule has 0 aromatic carbocycles. The number of hydrogen-bond donors (Lipinski definition) is 0. The molecule has 0 heterocycles. The quantitative estimate of drug-likeness (QED) is 0.0343. The van der Waals surface area contributed by atoms with Crippen LogP contribution in [0.25, 0.3) is 0 Å². The topological polar surface area (TPSA) is 78.9 Å². The largest absolute Gasteiger partial charge is 0.462 e. The fourth-order valence-electron chi connectivity index (χ4n) is 9.71. The van der Waals surface area contributed by atoms with Crippen molar-refractivity contribution in [1.29, 1.82) is 0 Å². The summed E-state index contributed by atoms with van der Waals surface area (Å²) in [6.45, 7) is 13.8. The van der Waals surface area contributed by atoms with Gasteiger partial charge in [0.2, 0.25) is 0 Å². The molecular formula is C63H122O6. The molecule has 0 bridgehead atoms. The molecule has 0 aliphatic carbocycles. The lowest BCUT2D eigenvalue weighted by molar-refractivity contribution is -0.167. The normalized spacial score (nSPS) is 12.1. The van der Waals surface area contributed by atoms with Gasteiger partial charge in [-0.3, -0.25) is 14.4 Å². The van der Waals surface area contributed by atoms with Gasteiger partial charge in [0.05, 0.1) is 0 Å². The highest BCUT2D eigenvalue weighted by Gasteiger charge is 2.19. The van der Waals surface area contributed by atoms with Crippen LogP contribution in [-0.4, -0.2) is 37.2 Å². The Morgan fingerprint density at radius 3 is 0.623 bits per heavy atom. The van der Waals surface area contributed by atoms with Gasteiger partial charge in [0.1, 0.15) is 13.2 Å². The maximum Gasteiger partial charge on any atom is 0.306 e. The third-order valence-electron chi connectivity index (χ3n) is 14.4. The summed E-state index contributed by atoms with van der Waals surface area (Å²) >= 11 is 0. The van der Waals surface area contributed by atoms with Crippen molar-refractivity contribution in [3.63, 3.8) is 0 Å². The third kappa shape index (κ3) is 57.2. The Morgan fingerprint density at radius 2 is 0.420 bits per heavy atom. The second kappa shape index (κ2) is 54.2. The van der Waals surface area contributed by atoms with Crippen molar-refractivity contribution in [2.24, 2.45) is 17.8 Å². The van der Waals surface area contributed by atoms with E-state index in [0.29, 0.717) is 19.3 Å². The summed E-state index contributed by atoms with van der Waals surface area (Å²) in [5.74, 6) is 1.70. The van der Waals surface area contributed by atoms with Gasteiger partial charge >= 0.3 is 17.9 Å². The van der Waals surface area contributed by atoms with E-state index in [-0.39, 0.29) is 31.1 Å². The summed E-state index contributed by atoms with van der Waals surface area (Å²) in [5.41, 5.74) is 0. The Kier molecular flexibility index (Phi) is 52.9. The molecule has 0 radical (unpaired) electrons. The molecule has 0 rings (SSSR count). The van der Waals surface area contributed by atoms with Crippen LogP contribution in [0.5, 0.6) is 0 Å². The van der Waals surface area contributed by atoms with Crippen molar-refractivity contribution < 1.29 is 28.6 Å². The van der Waals surface area contributed by atoms with E-state index in [4.69, 9.17) is 14.2 Å². The van der Waals surface area contributed by atoms with Crippen LogP contribution in [0, 0.1) is 17.8 Å². The first-order valence-corrected chi connectivity index (χ1v) is 31.1. The molecule has 6 heteroatoms. The van der Waals surface area contributed by atoms with Crippen molar-refractivity contribution >= 4 is 17.9 Å². The smallest absolute Gasteiger partial charge is 0.306 e. The Balaban J connectivity index is 4.30. The van der Waals surface area contributed by atoms with Crippen LogP contribution in [0.1, 0.15) is 350 Å². The number of carbonyl (C=O) groups excluding carboxylic acids is 3. The molecule has 1 atom stereocenters. The van der Waals surface area contributed by atoms with Crippen LogP contribution in [0.15, 0.2) is 0 Å². The molecule has 0 saturated carbocycles. The molecule has 410 valence electrons. The molecule has 0 fully saturated rings. The van der Waals surface area contributed by atoms with Gasteiger partial charge in [-0.15, -0.1) is 0 Å². The first-order valence-electron chi connectivity index (χ1n) is 31.1. The van der Waals surface area contributed by atoms with Gasteiger partial charge in [-0.25, -0.2) is 0 Å². The second-order valence-corrected chi connectivity index (χ2v) is 23.1. The number of unbranched alkanes of at least 4 members (excludes halogenated alkanes) is 39. The van der Waals surface area contributed by atoms with Crippen LogP contribution >= 0.6 is 0 Å². The van der Waals surface area contributed by atoms with E-state index in [9.17, 15) is 14.4 Å². The molecule has 0 unspecified atom stereocenters. The van der Waals surface area contributed by atoms with Crippen molar-refractivity contribution in [3.8, 4) is 0 Å². The van der Waals surface area contributed by atoms with Crippen LogP contribution in [0.4, 0.5) is 0 Å². The molecule has 0 aliphatic heterocycles. The maximum absolute atomic E-state index is 12.9. The zero-order valence-corrected chi connectivity index (χ0v) is 47.6. The summed E-state index contributed by atoms with van der Waals surface area (Å²) in [6, 6.07) is 0. The highest BCUT2D eigenvalue weighted by Crippen LogP contribution is 2.19. The highest BCUT2D eigenvalue weighted by atomic mass is 16.6. The van der Waals surface area contributed by atoms with Gasteiger partial charge in [0.15, 0.2) is 6.10 Å². The van der Waals surface area contributed by atoms with E-state index in [0.717, 1.165) is 75.5 Å². The minimum absolute atomic E-state index is 0.0628. The molecule has 0 aromatic rings. The lowest BCUT2D eigenvalue weighted by Crippen LogP contribution is -2.30. The highest BCUT2D eigenvalue weighted by molar-refractivity contribution is 5.71. The van der Waals surface area contributed by atoms with Crippen molar-refractivity contribution in [2.45, 2.75) is 356 Å². The summed E-state index contributed by atoms with van der Waals surface area (Å²) in [5, 5.41) is 0. The van der Waals surface area contributed by atoms with Gasteiger partial charge in [-0.1, -0.05) is 311 Å². The lowest BCUT2D eigenvalue weighted by Gasteiger charge is -2.18. The molecule has 69 heavy (non-hydrogen) atoms. The Morgan fingerprint density at radius 1 is 0.246 bits per heavy atom.